The third kappa shape index (κ3) is 3.38. The van der Waals surface area contributed by atoms with Crippen LogP contribution < -0.4 is 10.2 Å². The summed E-state index contributed by atoms with van der Waals surface area (Å²) in [4.78, 5) is 14.4. The maximum atomic E-state index is 12.3. The number of para-hydroxylation sites is 1. The van der Waals surface area contributed by atoms with Gasteiger partial charge in [-0.15, -0.1) is 0 Å². The summed E-state index contributed by atoms with van der Waals surface area (Å²) in [5.41, 5.74) is 3.37. The predicted octanol–water partition coefficient (Wildman–Crippen LogP) is 3.04. The number of nitrogens with zero attached hydrogens (tertiary/aromatic N) is 2. The van der Waals surface area contributed by atoms with Crippen molar-refractivity contribution < 1.29 is 9.53 Å². The Kier molecular flexibility index (Phi) is 5.15. The van der Waals surface area contributed by atoms with Gasteiger partial charge >= 0.3 is 0 Å². The molecule has 1 aromatic carbocycles. The average molecular weight is 351 g/mol. The number of fused-ring (bicyclic) bond motifs is 1. The number of amides is 1. The zero-order valence-corrected chi connectivity index (χ0v) is 15.6. The van der Waals surface area contributed by atoms with Crippen LogP contribution in [0.4, 0.5) is 5.69 Å². The van der Waals surface area contributed by atoms with Crippen molar-refractivity contribution in [2.45, 2.75) is 38.2 Å². The van der Waals surface area contributed by atoms with Gasteiger partial charge in [-0.2, -0.15) is 5.26 Å². The second-order valence-corrected chi connectivity index (χ2v) is 7.29. The minimum absolute atomic E-state index is 0.0617. The Labute approximate surface area is 154 Å². The highest BCUT2D eigenvalue weighted by Crippen LogP contribution is 2.46. The van der Waals surface area contributed by atoms with E-state index in [2.05, 4.69) is 36.2 Å². The number of carbonyl (C=O) groups excluding carboxylic acids is 1. The third-order valence-electron chi connectivity index (χ3n) is 5.23. The van der Waals surface area contributed by atoms with Crippen LogP contribution in [0.5, 0.6) is 0 Å². The first-order chi connectivity index (χ1) is 12.4. The molecule has 0 aliphatic carbocycles. The van der Waals surface area contributed by atoms with Gasteiger partial charge in [0.05, 0.1) is 6.10 Å². The molecular weight excluding hydrogens is 326 g/mol. The average Bonchev–Trinajstić information content (AvgIpc) is 3.22. The topological polar surface area (TPSA) is 65.4 Å². The van der Waals surface area contributed by atoms with Crippen molar-refractivity contribution in [2.24, 2.45) is 0 Å². The monoisotopic (exact) mass is 351 g/mol. The number of likely N-dealkylation sites (N-methyl/N-ethyl adjacent to an activating group) is 1. The van der Waals surface area contributed by atoms with Gasteiger partial charge in [0.2, 0.25) is 0 Å². The Bertz CT molecular complexity index is 796. The molecule has 3 rings (SSSR count). The molecule has 0 bridgehead atoms. The molecular formula is C21H25N3O2. The summed E-state index contributed by atoms with van der Waals surface area (Å²) in [7, 11) is 2.01. The van der Waals surface area contributed by atoms with E-state index in [4.69, 9.17) is 4.74 Å². The molecule has 1 saturated heterocycles. The van der Waals surface area contributed by atoms with Crippen LogP contribution in [0.15, 0.2) is 47.7 Å². The van der Waals surface area contributed by atoms with E-state index < -0.39 is 0 Å². The highest BCUT2D eigenvalue weighted by atomic mass is 16.5. The van der Waals surface area contributed by atoms with Gasteiger partial charge in [-0.1, -0.05) is 32.0 Å². The molecule has 0 saturated carbocycles. The summed E-state index contributed by atoms with van der Waals surface area (Å²) in [6.07, 6.45) is 5.53. The first-order valence-electron chi connectivity index (χ1n) is 9.00. The Morgan fingerprint density at radius 2 is 2.23 bits per heavy atom. The van der Waals surface area contributed by atoms with Gasteiger partial charge in [0.1, 0.15) is 11.6 Å². The molecule has 0 radical (unpaired) electrons. The molecule has 136 valence electrons. The van der Waals surface area contributed by atoms with E-state index in [9.17, 15) is 10.1 Å². The van der Waals surface area contributed by atoms with Crippen LogP contribution in [0.3, 0.4) is 0 Å². The van der Waals surface area contributed by atoms with E-state index in [-0.39, 0.29) is 23.0 Å². The van der Waals surface area contributed by atoms with E-state index >= 15 is 0 Å². The van der Waals surface area contributed by atoms with Crippen LogP contribution in [-0.4, -0.2) is 32.2 Å². The fraction of sp³-hybridized carbons (Fsp3) is 0.429. The number of allylic oxidation sites excluding steroid dienone is 3. The van der Waals surface area contributed by atoms with Crippen molar-refractivity contribution in [1.29, 1.82) is 5.26 Å². The van der Waals surface area contributed by atoms with Crippen molar-refractivity contribution in [3.8, 4) is 6.07 Å². The molecule has 26 heavy (non-hydrogen) atoms. The molecule has 1 amide bonds. The fourth-order valence-electron chi connectivity index (χ4n) is 3.73. The molecule has 2 heterocycles. The summed E-state index contributed by atoms with van der Waals surface area (Å²) < 4.78 is 5.50. The van der Waals surface area contributed by atoms with Gasteiger partial charge in [0.25, 0.3) is 5.91 Å². The van der Waals surface area contributed by atoms with Crippen molar-refractivity contribution in [2.75, 3.05) is 25.1 Å². The molecule has 1 fully saturated rings. The van der Waals surface area contributed by atoms with Gasteiger partial charge < -0.3 is 15.0 Å². The molecule has 2 aliphatic rings. The second-order valence-electron chi connectivity index (χ2n) is 7.29. The first kappa shape index (κ1) is 18.2. The maximum absolute atomic E-state index is 12.3. The summed E-state index contributed by atoms with van der Waals surface area (Å²) in [5.74, 6) is -0.351. The Hall–Kier alpha value is -2.58. The highest BCUT2D eigenvalue weighted by molar-refractivity contribution is 5.97. The van der Waals surface area contributed by atoms with E-state index in [1.807, 2.05) is 31.3 Å². The molecule has 1 atom stereocenters. The first-order valence-corrected chi connectivity index (χ1v) is 9.00. The lowest BCUT2D eigenvalue weighted by Gasteiger charge is -2.23. The molecule has 5 heteroatoms. The Balaban J connectivity index is 1.77. The lowest BCUT2D eigenvalue weighted by molar-refractivity contribution is -0.117. The van der Waals surface area contributed by atoms with Gasteiger partial charge in [-0.3, -0.25) is 4.79 Å². The molecule has 5 nitrogen and oxygen atoms in total. The predicted molar refractivity (Wildman–Crippen MR) is 102 cm³/mol. The largest absolute Gasteiger partial charge is 0.376 e. The number of ether oxygens (including phenoxy) is 1. The lowest BCUT2D eigenvalue weighted by Crippen LogP contribution is -2.32. The Morgan fingerprint density at radius 1 is 1.46 bits per heavy atom. The second kappa shape index (κ2) is 7.35. The van der Waals surface area contributed by atoms with E-state index in [1.54, 1.807) is 6.08 Å². The quantitative estimate of drug-likeness (QED) is 0.669. The summed E-state index contributed by atoms with van der Waals surface area (Å²) in [6, 6.07) is 10.3. The zero-order chi connectivity index (χ0) is 18.7. The minimum Gasteiger partial charge on any atom is -0.376 e. The van der Waals surface area contributed by atoms with Crippen molar-refractivity contribution in [3.63, 3.8) is 0 Å². The summed E-state index contributed by atoms with van der Waals surface area (Å²) in [6.45, 7) is 5.50. The number of benzene rings is 1. The van der Waals surface area contributed by atoms with E-state index in [0.29, 0.717) is 6.54 Å². The number of hydrogen-bond donors (Lipinski definition) is 1. The molecule has 1 aromatic rings. The molecule has 0 aromatic heterocycles. The molecule has 0 spiro atoms. The zero-order valence-electron chi connectivity index (χ0n) is 15.6. The van der Waals surface area contributed by atoms with Crippen molar-refractivity contribution >= 4 is 11.6 Å². The number of nitrogens with one attached hydrogen (secondary N) is 1. The number of carbonyl (C=O) groups is 1. The smallest absolute Gasteiger partial charge is 0.262 e. The summed E-state index contributed by atoms with van der Waals surface area (Å²) >= 11 is 0. The van der Waals surface area contributed by atoms with Gasteiger partial charge in [-0.25, -0.2) is 0 Å². The van der Waals surface area contributed by atoms with Gasteiger partial charge in [0.15, 0.2) is 0 Å². The van der Waals surface area contributed by atoms with Crippen molar-refractivity contribution in [1.82, 2.24) is 5.32 Å². The Morgan fingerprint density at radius 3 is 2.88 bits per heavy atom. The van der Waals surface area contributed by atoms with Gasteiger partial charge in [0, 0.05) is 37.0 Å². The SMILES string of the molecule is CN1/C(=C/C=C(\C#N)C(=O)NCC2CCCO2)C(C)(C)c2ccccc21. The number of nitriles is 1. The molecule has 1 N–H and O–H groups in total. The maximum Gasteiger partial charge on any atom is 0.262 e. The van der Waals surface area contributed by atoms with E-state index in [1.165, 1.54) is 5.56 Å². The molecule has 2 aliphatic heterocycles. The minimum atomic E-state index is -0.351. The van der Waals surface area contributed by atoms with Crippen LogP contribution in [0.1, 0.15) is 32.3 Å². The standard InChI is InChI=1S/C21H25N3O2/c1-21(2)17-8-4-5-9-18(17)24(3)19(21)11-10-15(13-22)20(25)23-14-16-7-6-12-26-16/h4-5,8-11,16H,6-7,12,14H2,1-3H3,(H,23,25)/b15-10+,19-11+. The number of hydrogen-bond acceptors (Lipinski definition) is 4. The number of anilines is 1. The number of rotatable bonds is 4. The lowest BCUT2D eigenvalue weighted by atomic mass is 9.83. The van der Waals surface area contributed by atoms with Gasteiger partial charge in [-0.05, 0) is 36.6 Å². The van der Waals surface area contributed by atoms with E-state index in [0.717, 1.165) is 30.8 Å². The van der Waals surface area contributed by atoms with Crippen molar-refractivity contribution in [3.05, 3.63) is 53.3 Å². The fourth-order valence-corrected chi connectivity index (χ4v) is 3.73. The van der Waals surface area contributed by atoms with Crippen LogP contribution >= 0.6 is 0 Å². The van der Waals surface area contributed by atoms with Crippen LogP contribution in [-0.2, 0) is 14.9 Å². The van der Waals surface area contributed by atoms with Crippen LogP contribution in [0, 0.1) is 11.3 Å². The highest BCUT2D eigenvalue weighted by Gasteiger charge is 2.37. The van der Waals surface area contributed by atoms with Crippen LogP contribution in [0.2, 0.25) is 0 Å². The van der Waals surface area contributed by atoms with Crippen LogP contribution in [0.25, 0.3) is 0 Å². The normalized spacial score (nSPS) is 23.0. The third-order valence-corrected chi connectivity index (χ3v) is 5.23. The summed E-state index contributed by atoms with van der Waals surface area (Å²) in [5, 5.41) is 12.2. The molecule has 1 unspecified atom stereocenters.